The molecule has 2 aromatic carbocycles. The Bertz CT molecular complexity index is 661. The fourth-order valence-corrected chi connectivity index (χ4v) is 3.62. The molecule has 0 saturated heterocycles. The number of hydrogen-bond acceptors (Lipinski definition) is 3. The molecule has 0 fully saturated rings. The van der Waals surface area contributed by atoms with Crippen molar-refractivity contribution in [1.29, 1.82) is 0 Å². The van der Waals surface area contributed by atoms with E-state index in [1.165, 1.54) is 5.56 Å². The Morgan fingerprint density at radius 1 is 1.15 bits per heavy atom. The van der Waals surface area contributed by atoms with E-state index < -0.39 is 0 Å². The standard InChI is InChI=1S/C15H13Cl2NOS/c16-11-1-2-14(13(18)7-11)20-8-10-6-12(17)5-9-3-4-19-15(9)10/h1-2,5-7H,3-4,8,18H2. The van der Waals surface area contributed by atoms with Crippen molar-refractivity contribution in [2.75, 3.05) is 12.3 Å². The van der Waals surface area contributed by atoms with E-state index in [1.54, 1.807) is 17.8 Å². The lowest BCUT2D eigenvalue weighted by atomic mass is 10.1. The van der Waals surface area contributed by atoms with Gasteiger partial charge in [-0.1, -0.05) is 23.2 Å². The highest BCUT2D eigenvalue weighted by molar-refractivity contribution is 7.98. The Morgan fingerprint density at radius 2 is 2.00 bits per heavy atom. The molecule has 2 N–H and O–H groups in total. The van der Waals surface area contributed by atoms with Crippen LogP contribution in [0.3, 0.4) is 0 Å². The van der Waals surface area contributed by atoms with Crippen molar-refractivity contribution in [2.45, 2.75) is 17.1 Å². The van der Waals surface area contributed by atoms with Crippen molar-refractivity contribution in [3.05, 3.63) is 51.5 Å². The molecule has 0 aromatic heterocycles. The minimum absolute atomic E-state index is 0.652. The molecule has 0 saturated carbocycles. The first-order valence-corrected chi connectivity index (χ1v) is 7.99. The maximum Gasteiger partial charge on any atom is 0.126 e. The van der Waals surface area contributed by atoms with E-state index in [9.17, 15) is 0 Å². The van der Waals surface area contributed by atoms with Crippen LogP contribution in [0.5, 0.6) is 5.75 Å². The Kier molecular flexibility index (Phi) is 4.01. The Labute approximate surface area is 132 Å². The lowest BCUT2D eigenvalue weighted by Gasteiger charge is -2.10. The predicted molar refractivity (Wildman–Crippen MR) is 86.1 cm³/mol. The van der Waals surface area contributed by atoms with Crippen LogP contribution >= 0.6 is 35.0 Å². The minimum atomic E-state index is 0.652. The Balaban J connectivity index is 1.82. The number of thioether (sulfide) groups is 1. The minimum Gasteiger partial charge on any atom is -0.493 e. The zero-order chi connectivity index (χ0) is 14.1. The molecule has 0 radical (unpaired) electrons. The summed E-state index contributed by atoms with van der Waals surface area (Å²) in [6, 6.07) is 9.50. The molecule has 1 heterocycles. The van der Waals surface area contributed by atoms with Crippen LogP contribution in [-0.2, 0) is 12.2 Å². The highest BCUT2D eigenvalue weighted by atomic mass is 35.5. The van der Waals surface area contributed by atoms with Gasteiger partial charge in [0.2, 0.25) is 0 Å². The van der Waals surface area contributed by atoms with Gasteiger partial charge in [0, 0.05) is 38.4 Å². The summed E-state index contributed by atoms with van der Waals surface area (Å²) >= 11 is 13.7. The number of fused-ring (bicyclic) bond motifs is 1. The van der Waals surface area contributed by atoms with Gasteiger partial charge in [0.1, 0.15) is 5.75 Å². The molecule has 0 bridgehead atoms. The SMILES string of the molecule is Nc1cc(Cl)ccc1SCc1cc(Cl)cc2c1OCC2. The first-order valence-electron chi connectivity index (χ1n) is 6.25. The molecule has 0 aliphatic carbocycles. The smallest absolute Gasteiger partial charge is 0.126 e. The van der Waals surface area contributed by atoms with Gasteiger partial charge in [-0.05, 0) is 35.9 Å². The number of benzene rings is 2. The summed E-state index contributed by atoms with van der Waals surface area (Å²) < 4.78 is 5.70. The van der Waals surface area contributed by atoms with Crippen molar-refractivity contribution in [3.63, 3.8) is 0 Å². The quantitative estimate of drug-likeness (QED) is 0.650. The molecular formula is C15H13Cl2NOS. The number of ether oxygens (including phenoxy) is 1. The molecule has 104 valence electrons. The third-order valence-corrected chi connectivity index (χ3v) is 4.77. The Hall–Kier alpha value is -1.03. The van der Waals surface area contributed by atoms with Crippen molar-refractivity contribution < 1.29 is 4.74 Å². The average Bonchev–Trinajstić information content (AvgIpc) is 2.85. The second kappa shape index (κ2) is 5.76. The van der Waals surface area contributed by atoms with Crippen LogP contribution in [-0.4, -0.2) is 6.61 Å². The summed E-state index contributed by atoms with van der Waals surface area (Å²) in [5, 5.41) is 1.41. The molecule has 3 rings (SSSR count). The zero-order valence-corrected chi connectivity index (χ0v) is 13.0. The molecule has 5 heteroatoms. The molecule has 0 atom stereocenters. The van der Waals surface area contributed by atoms with E-state index in [-0.39, 0.29) is 0 Å². The first-order chi connectivity index (χ1) is 9.63. The van der Waals surface area contributed by atoms with Crippen molar-refractivity contribution in [3.8, 4) is 5.75 Å². The summed E-state index contributed by atoms with van der Waals surface area (Å²) in [7, 11) is 0. The van der Waals surface area contributed by atoms with Crippen LogP contribution in [0, 0.1) is 0 Å². The van der Waals surface area contributed by atoms with Crippen LogP contribution in [0.2, 0.25) is 10.0 Å². The van der Waals surface area contributed by atoms with E-state index in [4.69, 9.17) is 33.7 Å². The van der Waals surface area contributed by atoms with Crippen LogP contribution in [0.15, 0.2) is 35.2 Å². The summed E-state index contributed by atoms with van der Waals surface area (Å²) in [6.45, 7) is 0.733. The van der Waals surface area contributed by atoms with Gasteiger partial charge in [-0.2, -0.15) is 0 Å². The van der Waals surface area contributed by atoms with E-state index >= 15 is 0 Å². The number of hydrogen-bond donors (Lipinski definition) is 1. The lowest BCUT2D eigenvalue weighted by Crippen LogP contribution is -1.92. The predicted octanol–water partition coefficient (Wildman–Crippen LogP) is 4.80. The van der Waals surface area contributed by atoms with Gasteiger partial charge in [-0.3, -0.25) is 0 Å². The second-order valence-corrected chi connectivity index (χ2v) is 6.51. The zero-order valence-electron chi connectivity index (χ0n) is 10.7. The van der Waals surface area contributed by atoms with Gasteiger partial charge in [0.25, 0.3) is 0 Å². The van der Waals surface area contributed by atoms with Crippen molar-refractivity contribution >= 4 is 40.7 Å². The van der Waals surface area contributed by atoms with Crippen molar-refractivity contribution in [2.24, 2.45) is 0 Å². The van der Waals surface area contributed by atoms with Crippen LogP contribution in [0.4, 0.5) is 5.69 Å². The maximum atomic E-state index is 6.16. The van der Waals surface area contributed by atoms with Gasteiger partial charge in [-0.15, -0.1) is 11.8 Å². The molecule has 0 amide bonds. The summed E-state index contributed by atoms with van der Waals surface area (Å²) in [6.07, 6.45) is 0.927. The molecule has 20 heavy (non-hydrogen) atoms. The Morgan fingerprint density at radius 3 is 2.80 bits per heavy atom. The molecule has 0 unspecified atom stereocenters. The molecule has 1 aliphatic heterocycles. The lowest BCUT2D eigenvalue weighted by molar-refractivity contribution is 0.354. The van der Waals surface area contributed by atoms with Crippen LogP contribution in [0.1, 0.15) is 11.1 Å². The van der Waals surface area contributed by atoms with Crippen LogP contribution in [0.25, 0.3) is 0 Å². The average molecular weight is 326 g/mol. The molecule has 2 nitrogen and oxygen atoms in total. The fourth-order valence-electron chi connectivity index (χ4n) is 2.26. The third-order valence-electron chi connectivity index (χ3n) is 3.18. The summed E-state index contributed by atoms with van der Waals surface area (Å²) in [5.41, 5.74) is 8.97. The number of nitrogen functional groups attached to an aromatic ring is 1. The molecule has 2 aromatic rings. The van der Waals surface area contributed by atoms with E-state index in [2.05, 4.69) is 0 Å². The van der Waals surface area contributed by atoms with E-state index in [0.717, 1.165) is 40.0 Å². The van der Waals surface area contributed by atoms with Crippen LogP contribution < -0.4 is 10.5 Å². The molecular weight excluding hydrogens is 313 g/mol. The number of anilines is 1. The third kappa shape index (κ3) is 2.85. The number of nitrogens with two attached hydrogens (primary N) is 1. The number of halogens is 2. The van der Waals surface area contributed by atoms with Gasteiger partial charge in [0.15, 0.2) is 0 Å². The molecule has 0 spiro atoms. The number of rotatable bonds is 3. The topological polar surface area (TPSA) is 35.2 Å². The monoisotopic (exact) mass is 325 g/mol. The normalized spacial score (nSPS) is 13.1. The highest BCUT2D eigenvalue weighted by Gasteiger charge is 2.17. The first kappa shape index (κ1) is 13.9. The van der Waals surface area contributed by atoms with E-state index in [1.807, 2.05) is 24.3 Å². The van der Waals surface area contributed by atoms with Gasteiger partial charge in [0.05, 0.1) is 6.61 Å². The maximum absolute atomic E-state index is 6.16. The van der Waals surface area contributed by atoms with Gasteiger partial charge >= 0.3 is 0 Å². The van der Waals surface area contributed by atoms with Crippen molar-refractivity contribution in [1.82, 2.24) is 0 Å². The van der Waals surface area contributed by atoms with E-state index in [0.29, 0.717) is 10.7 Å². The van der Waals surface area contributed by atoms with Gasteiger partial charge in [-0.25, -0.2) is 0 Å². The molecule has 1 aliphatic rings. The fraction of sp³-hybridized carbons (Fsp3) is 0.200. The second-order valence-electron chi connectivity index (χ2n) is 4.62. The summed E-state index contributed by atoms with van der Waals surface area (Å²) in [4.78, 5) is 1.01. The highest BCUT2D eigenvalue weighted by Crippen LogP contribution is 2.37. The summed E-state index contributed by atoms with van der Waals surface area (Å²) in [5.74, 6) is 1.75. The largest absolute Gasteiger partial charge is 0.493 e. The van der Waals surface area contributed by atoms with Gasteiger partial charge < -0.3 is 10.5 Å².